The second-order valence-electron chi connectivity index (χ2n) is 17.6. The predicted molar refractivity (Wildman–Crippen MR) is 290 cm³/mol. The summed E-state index contributed by atoms with van der Waals surface area (Å²) < 4.78 is 2.39. The van der Waals surface area contributed by atoms with Gasteiger partial charge >= 0.3 is 0 Å². The van der Waals surface area contributed by atoms with Gasteiger partial charge in [0.05, 0.1) is 11.0 Å². The van der Waals surface area contributed by atoms with E-state index in [4.69, 9.17) is 15.0 Å². The molecule has 0 fully saturated rings. The molecule has 0 bridgehead atoms. The minimum absolute atomic E-state index is 0.602. The summed E-state index contributed by atoms with van der Waals surface area (Å²) in [6.07, 6.45) is 0. The zero-order valence-corrected chi connectivity index (χ0v) is 39.1. The number of hydrogen-bond acceptors (Lipinski definition) is 3. The molecule has 0 saturated carbocycles. The lowest BCUT2D eigenvalue weighted by Crippen LogP contribution is -2.74. The summed E-state index contributed by atoms with van der Waals surface area (Å²) in [4.78, 5) is 15.9. The third-order valence-corrected chi connectivity index (χ3v) is 18.3. The van der Waals surface area contributed by atoms with E-state index in [2.05, 4.69) is 236 Å². The highest BCUT2D eigenvalue weighted by molar-refractivity contribution is 7.19. The van der Waals surface area contributed by atoms with Crippen LogP contribution in [0.4, 0.5) is 0 Å². The van der Waals surface area contributed by atoms with E-state index < -0.39 is 8.07 Å². The molecule has 12 aromatic rings. The van der Waals surface area contributed by atoms with Crippen molar-refractivity contribution in [2.75, 3.05) is 0 Å². The molecule has 326 valence electrons. The van der Waals surface area contributed by atoms with Gasteiger partial charge in [-0.15, -0.1) is 0 Å². The summed E-state index contributed by atoms with van der Waals surface area (Å²) in [7, 11) is -2.86. The Morgan fingerprint density at radius 1 is 0.304 bits per heavy atom. The average Bonchev–Trinajstić information content (AvgIpc) is 3.76. The molecule has 0 amide bonds. The topological polar surface area (TPSA) is 43.6 Å². The Bertz CT molecular complexity index is 3620. The van der Waals surface area contributed by atoms with Crippen LogP contribution in [0.25, 0.3) is 83.9 Å². The van der Waals surface area contributed by atoms with Crippen LogP contribution in [0.2, 0.25) is 0 Å². The molecule has 69 heavy (non-hydrogen) atoms. The first-order chi connectivity index (χ1) is 34.1. The van der Waals surface area contributed by atoms with Crippen LogP contribution in [0.15, 0.2) is 261 Å². The maximum absolute atomic E-state index is 5.38. The molecule has 0 atom stereocenters. The third-order valence-electron chi connectivity index (χ3n) is 13.6. The molecule has 10 aromatic carbocycles. The lowest BCUT2D eigenvalue weighted by Gasteiger charge is -2.34. The van der Waals surface area contributed by atoms with Crippen LogP contribution in [-0.2, 0) is 0 Å². The van der Waals surface area contributed by atoms with E-state index in [0.717, 1.165) is 44.5 Å². The minimum atomic E-state index is -2.86. The zero-order chi connectivity index (χ0) is 46.2. The van der Waals surface area contributed by atoms with Gasteiger partial charge in [0.2, 0.25) is 0 Å². The number of aryl methyl sites for hydroxylation is 1. The van der Waals surface area contributed by atoms with E-state index in [1.807, 2.05) is 36.4 Å². The van der Waals surface area contributed by atoms with Crippen molar-refractivity contribution in [1.82, 2.24) is 19.5 Å². The van der Waals surface area contributed by atoms with E-state index >= 15 is 0 Å². The molecule has 2 heterocycles. The average molecular weight is 899 g/mol. The summed E-state index contributed by atoms with van der Waals surface area (Å²) in [5, 5.41) is 7.66. The monoisotopic (exact) mass is 898 g/mol. The highest BCUT2D eigenvalue weighted by atomic mass is 28.3. The zero-order valence-electron chi connectivity index (χ0n) is 38.1. The smallest absolute Gasteiger partial charge is 0.179 e. The Kier molecular flexibility index (Phi) is 10.7. The molecule has 12 rings (SSSR count). The summed E-state index contributed by atoms with van der Waals surface area (Å²) in [5.41, 5.74) is 11.8. The maximum atomic E-state index is 5.38. The van der Waals surface area contributed by atoms with Gasteiger partial charge in [0, 0.05) is 33.2 Å². The summed E-state index contributed by atoms with van der Waals surface area (Å²) in [5.74, 6) is 1.84. The predicted octanol–water partition coefficient (Wildman–Crippen LogP) is 13.0. The normalized spacial score (nSPS) is 11.6. The largest absolute Gasteiger partial charge is 0.309 e. The second-order valence-corrected chi connectivity index (χ2v) is 21.4. The molecule has 2 aromatic heterocycles. The van der Waals surface area contributed by atoms with E-state index in [1.54, 1.807) is 0 Å². The van der Waals surface area contributed by atoms with Crippen molar-refractivity contribution in [2.45, 2.75) is 6.92 Å². The van der Waals surface area contributed by atoms with Gasteiger partial charge in [0.25, 0.3) is 0 Å². The number of benzene rings is 10. The van der Waals surface area contributed by atoms with Crippen LogP contribution in [0.3, 0.4) is 0 Å². The molecule has 0 aliphatic carbocycles. The Labute approximate surface area is 403 Å². The van der Waals surface area contributed by atoms with E-state index in [-0.39, 0.29) is 0 Å². The molecule has 0 radical (unpaired) electrons. The van der Waals surface area contributed by atoms with Crippen molar-refractivity contribution in [3.8, 4) is 62.1 Å². The Morgan fingerprint density at radius 2 is 0.783 bits per heavy atom. The van der Waals surface area contributed by atoms with Gasteiger partial charge in [-0.25, -0.2) is 15.0 Å². The van der Waals surface area contributed by atoms with Crippen molar-refractivity contribution in [3.63, 3.8) is 0 Å². The highest BCUT2D eigenvalue weighted by Gasteiger charge is 2.41. The van der Waals surface area contributed by atoms with Crippen molar-refractivity contribution < 1.29 is 0 Å². The molecule has 4 nitrogen and oxygen atoms in total. The molecule has 5 heteroatoms. The number of hydrogen-bond donors (Lipinski definition) is 0. The van der Waals surface area contributed by atoms with Crippen LogP contribution in [0, 0.1) is 6.92 Å². The summed E-state index contributed by atoms with van der Waals surface area (Å²) >= 11 is 0. The van der Waals surface area contributed by atoms with Gasteiger partial charge in [0.15, 0.2) is 25.5 Å². The first-order valence-corrected chi connectivity index (χ1v) is 25.5. The Hall–Kier alpha value is -8.77. The van der Waals surface area contributed by atoms with Crippen molar-refractivity contribution >= 4 is 50.6 Å². The Morgan fingerprint density at radius 3 is 1.39 bits per heavy atom. The van der Waals surface area contributed by atoms with Crippen molar-refractivity contribution in [2.24, 2.45) is 0 Å². The van der Waals surface area contributed by atoms with Gasteiger partial charge in [-0.05, 0) is 85.8 Å². The van der Waals surface area contributed by atoms with Crippen LogP contribution < -0.4 is 20.7 Å². The van der Waals surface area contributed by atoms with Crippen LogP contribution >= 0.6 is 0 Å². The standard InChI is InChI=1S/C64H46N4Si/c1-45-22-17-18-35-55(45)49-38-41-61-58(43-49)57-36-19-20-37-60(57)68(61)50-39-40-56(59(44-50)64-66-62(46-23-7-2-8-24-46)65-63(67-64)47-25-9-3-10-26-47)48-27-21-34-54(42-48)69(51-28-11-4-12-29-51,52-30-13-5-14-31-52)53-32-15-6-16-33-53/h2-44H,1H3. The summed E-state index contributed by atoms with van der Waals surface area (Å²) in [6.45, 7) is 2.18. The number of rotatable bonds is 10. The fourth-order valence-corrected chi connectivity index (χ4v) is 15.1. The minimum Gasteiger partial charge on any atom is -0.309 e. The van der Waals surface area contributed by atoms with Crippen LogP contribution in [0.1, 0.15) is 5.56 Å². The second kappa shape index (κ2) is 17.8. The van der Waals surface area contributed by atoms with Crippen molar-refractivity contribution in [1.29, 1.82) is 0 Å². The SMILES string of the molecule is Cc1ccccc1-c1ccc2c(c1)c1ccccc1n2-c1ccc(-c2cccc([Si](c3ccccc3)(c3ccccc3)c3ccccc3)c2)c(-c2nc(-c3ccccc3)nc(-c3ccccc3)n2)c1. The lowest BCUT2D eigenvalue weighted by molar-refractivity contribution is 1.07. The van der Waals surface area contributed by atoms with E-state index in [0.29, 0.717) is 17.5 Å². The molecule has 0 aliphatic rings. The van der Waals surface area contributed by atoms with Gasteiger partial charge < -0.3 is 4.57 Å². The molecule has 0 N–H and O–H groups in total. The first kappa shape index (κ1) is 41.6. The number of nitrogens with zero attached hydrogens (tertiary/aromatic N) is 4. The number of aromatic nitrogens is 4. The lowest BCUT2D eigenvalue weighted by atomic mass is 9.98. The quantitative estimate of drug-likeness (QED) is 0.101. The molecular formula is C64H46N4Si. The van der Waals surface area contributed by atoms with Gasteiger partial charge in [-0.1, -0.05) is 231 Å². The third kappa shape index (κ3) is 7.46. The van der Waals surface area contributed by atoms with Crippen molar-refractivity contribution in [3.05, 3.63) is 266 Å². The molecular weight excluding hydrogens is 853 g/mol. The van der Waals surface area contributed by atoms with Crippen LogP contribution in [-0.4, -0.2) is 27.6 Å². The maximum Gasteiger partial charge on any atom is 0.179 e. The molecule has 0 spiro atoms. The fourth-order valence-electron chi connectivity index (χ4n) is 10.3. The van der Waals surface area contributed by atoms with Crippen LogP contribution in [0.5, 0.6) is 0 Å². The molecule has 0 unspecified atom stereocenters. The highest BCUT2D eigenvalue weighted by Crippen LogP contribution is 2.39. The Balaban J connectivity index is 1.13. The number of fused-ring (bicyclic) bond motifs is 3. The molecule has 0 saturated heterocycles. The van der Waals surface area contributed by atoms with Gasteiger partial charge in [-0.2, -0.15) is 0 Å². The van der Waals surface area contributed by atoms with E-state index in [9.17, 15) is 0 Å². The number of para-hydroxylation sites is 1. The fraction of sp³-hybridized carbons (Fsp3) is 0.0156. The van der Waals surface area contributed by atoms with Gasteiger partial charge in [0.1, 0.15) is 0 Å². The first-order valence-electron chi connectivity index (χ1n) is 23.5. The van der Waals surface area contributed by atoms with E-state index in [1.165, 1.54) is 48.2 Å². The van der Waals surface area contributed by atoms with Gasteiger partial charge in [-0.3, -0.25) is 0 Å². The summed E-state index contributed by atoms with van der Waals surface area (Å²) in [6, 6.07) is 94.1. The molecule has 0 aliphatic heterocycles.